The zero-order valence-electron chi connectivity index (χ0n) is 9.07. The Labute approximate surface area is 108 Å². The summed E-state index contributed by atoms with van der Waals surface area (Å²) in [5, 5.41) is 4.60. The molecule has 3 aromatic rings. The summed E-state index contributed by atoms with van der Waals surface area (Å²) < 4.78 is 1.07. The summed E-state index contributed by atoms with van der Waals surface area (Å²) in [6, 6.07) is 16.5. The monoisotopic (exact) mass is 286 g/mol. The third-order valence-electron chi connectivity index (χ3n) is 2.67. The van der Waals surface area contributed by atoms with Gasteiger partial charge in [-0.25, -0.2) is 0 Å². The average molecular weight is 287 g/mol. The molecule has 2 nitrogen and oxygen atoms in total. The molecule has 0 bridgehead atoms. The molecule has 1 heterocycles. The molecule has 3 heteroatoms. The van der Waals surface area contributed by atoms with Gasteiger partial charge in [0.05, 0.1) is 0 Å². The Hall–Kier alpha value is -1.74. The van der Waals surface area contributed by atoms with Crippen LogP contribution in [0, 0.1) is 0 Å². The largest absolute Gasteiger partial charge is 0.361 e. The van der Waals surface area contributed by atoms with E-state index in [-0.39, 0.29) is 0 Å². The van der Waals surface area contributed by atoms with Gasteiger partial charge in [0, 0.05) is 32.9 Å². The first-order chi connectivity index (χ1) is 8.31. The Balaban J connectivity index is 1.94. The van der Waals surface area contributed by atoms with E-state index in [4.69, 9.17) is 0 Å². The maximum absolute atomic E-state index is 3.46. The van der Waals surface area contributed by atoms with E-state index in [9.17, 15) is 0 Å². The minimum Gasteiger partial charge on any atom is -0.361 e. The Morgan fingerprint density at radius 2 is 1.82 bits per heavy atom. The Bertz CT molecular complexity index is 658. The van der Waals surface area contributed by atoms with Crippen molar-refractivity contribution in [2.24, 2.45) is 0 Å². The molecule has 2 aromatic carbocycles. The summed E-state index contributed by atoms with van der Waals surface area (Å²) in [5.74, 6) is 0. The normalized spacial score (nSPS) is 10.6. The molecule has 0 atom stereocenters. The van der Waals surface area contributed by atoms with Crippen LogP contribution in [-0.4, -0.2) is 4.98 Å². The number of aromatic amines is 1. The number of hydrogen-bond acceptors (Lipinski definition) is 1. The second-order valence-electron chi connectivity index (χ2n) is 3.92. The molecule has 0 aliphatic carbocycles. The third-order valence-corrected chi connectivity index (χ3v) is 3.16. The molecule has 0 radical (unpaired) electrons. The predicted molar refractivity (Wildman–Crippen MR) is 75.7 cm³/mol. The van der Waals surface area contributed by atoms with Crippen molar-refractivity contribution in [1.29, 1.82) is 0 Å². The fourth-order valence-electron chi connectivity index (χ4n) is 1.86. The van der Waals surface area contributed by atoms with Crippen molar-refractivity contribution < 1.29 is 0 Å². The number of nitrogens with one attached hydrogen (secondary N) is 2. The van der Waals surface area contributed by atoms with Crippen LogP contribution in [0.4, 0.5) is 11.4 Å². The molecule has 0 saturated carbocycles. The first-order valence-electron chi connectivity index (χ1n) is 5.41. The number of halogens is 1. The fraction of sp³-hybridized carbons (Fsp3) is 0. The molecule has 0 amide bonds. The lowest BCUT2D eigenvalue weighted by molar-refractivity contribution is 1.47. The van der Waals surface area contributed by atoms with Gasteiger partial charge >= 0.3 is 0 Å². The summed E-state index contributed by atoms with van der Waals surface area (Å²) >= 11 is 3.46. The number of fused-ring (bicyclic) bond motifs is 1. The molecule has 0 fully saturated rings. The van der Waals surface area contributed by atoms with Crippen LogP contribution in [0.2, 0.25) is 0 Å². The van der Waals surface area contributed by atoms with Gasteiger partial charge in [-0.15, -0.1) is 0 Å². The minimum absolute atomic E-state index is 1.07. The average Bonchev–Trinajstić information content (AvgIpc) is 2.76. The van der Waals surface area contributed by atoms with Gasteiger partial charge in [-0.3, -0.25) is 0 Å². The van der Waals surface area contributed by atoms with Crippen molar-refractivity contribution in [2.75, 3.05) is 5.32 Å². The highest BCUT2D eigenvalue weighted by Gasteiger charge is 1.98. The molecular weight excluding hydrogens is 276 g/mol. The van der Waals surface area contributed by atoms with Crippen LogP contribution in [0.15, 0.2) is 59.2 Å². The lowest BCUT2D eigenvalue weighted by atomic mass is 10.2. The summed E-state index contributed by atoms with van der Waals surface area (Å²) in [5.41, 5.74) is 3.33. The number of hydrogen-bond donors (Lipinski definition) is 2. The lowest BCUT2D eigenvalue weighted by Gasteiger charge is -2.06. The smallest absolute Gasteiger partial charge is 0.0455 e. The highest BCUT2D eigenvalue weighted by atomic mass is 79.9. The SMILES string of the molecule is Brc1cccc(Nc2ccc3[nH]ccc3c2)c1. The van der Waals surface area contributed by atoms with Gasteiger partial charge in [-0.1, -0.05) is 22.0 Å². The highest BCUT2D eigenvalue weighted by Crippen LogP contribution is 2.23. The van der Waals surface area contributed by atoms with Crippen molar-refractivity contribution >= 4 is 38.2 Å². The number of benzene rings is 2. The number of H-pyrrole nitrogens is 1. The van der Waals surface area contributed by atoms with Crippen LogP contribution < -0.4 is 5.32 Å². The molecule has 17 heavy (non-hydrogen) atoms. The molecule has 0 spiro atoms. The number of aromatic nitrogens is 1. The fourth-order valence-corrected chi connectivity index (χ4v) is 2.26. The van der Waals surface area contributed by atoms with Gasteiger partial charge in [0.15, 0.2) is 0 Å². The Morgan fingerprint density at radius 3 is 2.71 bits per heavy atom. The Morgan fingerprint density at radius 1 is 0.941 bits per heavy atom. The van der Waals surface area contributed by atoms with E-state index in [1.165, 1.54) is 5.39 Å². The molecule has 1 aromatic heterocycles. The van der Waals surface area contributed by atoms with Crippen molar-refractivity contribution in [1.82, 2.24) is 4.98 Å². The molecule has 2 N–H and O–H groups in total. The molecule has 0 aliphatic rings. The maximum Gasteiger partial charge on any atom is 0.0455 e. The van der Waals surface area contributed by atoms with Crippen molar-refractivity contribution in [2.45, 2.75) is 0 Å². The van der Waals surface area contributed by atoms with Crippen molar-refractivity contribution in [3.05, 3.63) is 59.2 Å². The van der Waals surface area contributed by atoms with E-state index < -0.39 is 0 Å². The first kappa shape index (κ1) is 10.4. The van der Waals surface area contributed by atoms with Gasteiger partial charge in [0.1, 0.15) is 0 Å². The summed E-state index contributed by atoms with van der Waals surface area (Å²) in [7, 11) is 0. The molecular formula is C14H11BrN2. The van der Waals surface area contributed by atoms with E-state index in [2.05, 4.69) is 56.6 Å². The van der Waals surface area contributed by atoms with Crippen LogP contribution >= 0.6 is 15.9 Å². The van der Waals surface area contributed by atoms with Crippen LogP contribution in [0.3, 0.4) is 0 Å². The van der Waals surface area contributed by atoms with E-state index in [0.717, 1.165) is 21.4 Å². The van der Waals surface area contributed by atoms with Gasteiger partial charge in [-0.05, 0) is 42.5 Å². The van der Waals surface area contributed by atoms with Crippen LogP contribution in [0.25, 0.3) is 10.9 Å². The zero-order chi connectivity index (χ0) is 11.7. The van der Waals surface area contributed by atoms with E-state index >= 15 is 0 Å². The van der Waals surface area contributed by atoms with Crippen molar-refractivity contribution in [3.63, 3.8) is 0 Å². The maximum atomic E-state index is 3.46. The summed E-state index contributed by atoms with van der Waals surface area (Å²) in [6.07, 6.45) is 1.95. The lowest BCUT2D eigenvalue weighted by Crippen LogP contribution is -1.89. The quantitative estimate of drug-likeness (QED) is 0.704. The van der Waals surface area contributed by atoms with Gasteiger partial charge in [-0.2, -0.15) is 0 Å². The second-order valence-corrected chi connectivity index (χ2v) is 4.83. The predicted octanol–water partition coefficient (Wildman–Crippen LogP) is 4.67. The van der Waals surface area contributed by atoms with E-state index in [1.54, 1.807) is 0 Å². The van der Waals surface area contributed by atoms with Gasteiger partial charge in [0.2, 0.25) is 0 Å². The first-order valence-corrected chi connectivity index (χ1v) is 6.20. The Kier molecular flexibility index (Phi) is 2.61. The van der Waals surface area contributed by atoms with E-state index in [0.29, 0.717) is 0 Å². The van der Waals surface area contributed by atoms with Crippen LogP contribution in [-0.2, 0) is 0 Å². The van der Waals surface area contributed by atoms with Crippen LogP contribution in [0.5, 0.6) is 0 Å². The van der Waals surface area contributed by atoms with Gasteiger partial charge < -0.3 is 10.3 Å². The standard InChI is InChI=1S/C14H11BrN2/c15-11-2-1-3-12(9-11)17-13-4-5-14-10(8-13)6-7-16-14/h1-9,16-17H. The van der Waals surface area contributed by atoms with Gasteiger partial charge in [0.25, 0.3) is 0 Å². The summed E-state index contributed by atoms with van der Waals surface area (Å²) in [6.45, 7) is 0. The molecule has 0 saturated heterocycles. The highest BCUT2D eigenvalue weighted by molar-refractivity contribution is 9.10. The minimum atomic E-state index is 1.07. The summed E-state index contributed by atoms with van der Waals surface area (Å²) in [4.78, 5) is 3.18. The molecule has 0 unspecified atom stereocenters. The van der Waals surface area contributed by atoms with E-state index in [1.807, 2.05) is 24.4 Å². The third kappa shape index (κ3) is 2.19. The topological polar surface area (TPSA) is 27.8 Å². The number of rotatable bonds is 2. The molecule has 84 valence electrons. The molecule has 3 rings (SSSR count). The second kappa shape index (κ2) is 4.26. The zero-order valence-corrected chi connectivity index (χ0v) is 10.7. The van der Waals surface area contributed by atoms with Crippen molar-refractivity contribution in [3.8, 4) is 0 Å². The van der Waals surface area contributed by atoms with Crippen LogP contribution in [0.1, 0.15) is 0 Å². The number of anilines is 2. The molecule has 0 aliphatic heterocycles.